The van der Waals surface area contributed by atoms with Crippen LogP contribution >= 0.6 is 23.4 Å². The quantitative estimate of drug-likeness (QED) is 0.655. The van der Waals surface area contributed by atoms with Crippen LogP contribution in [0.3, 0.4) is 0 Å². The molecule has 0 bridgehead atoms. The molecule has 0 aliphatic heterocycles. The molecule has 4 nitrogen and oxygen atoms in total. The Morgan fingerprint density at radius 3 is 2.48 bits per heavy atom. The molecule has 1 N–H and O–H groups in total. The molecule has 0 saturated carbocycles. The first-order chi connectivity index (χ1) is 11.8. The van der Waals surface area contributed by atoms with Crippen molar-refractivity contribution >= 4 is 23.4 Å². The molecule has 3 rings (SSSR count). The molecular formula is C19H20ClN3OS. The van der Waals surface area contributed by atoms with Crippen LogP contribution in [0.15, 0.2) is 53.7 Å². The van der Waals surface area contributed by atoms with Gasteiger partial charge in [-0.2, -0.15) is 0 Å². The molecular weight excluding hydrogens is 354 g/mol. The summed E-state index contributed by atoms with van der Waals surface area (Å²) in [7, 11) is 0. The molecule has 0 aliphatic carbocycles. The average Bonchev–Trinajstić information content (AvgIpc) is 2.97. The molecule has 1 aromatic heterocycles. The Morgan fingerprint density at radius 1 is 1.12 bits per heavy atom. The molecule has 0 saturated heterocycles. The lowest BCUT2D eigenvalue weighted by atomic mass is 10.2. The predicted molar refractivity (Wildman–Crippen MR) is 104 cm³/mol. The minimum Gasteiger partial charge on any atom is -0.390 e. The molecule has 0 spiro atoms. The second kappa shape index (κ2) is 7.20. The Morgan fingerprint density at radius 2 is 1.84 bits per heavy atom. The van der Waals surface area contributed by atoms with Crippen molar-refractivity contribution in [3.8, 4) is 17.1 Å². The van der Waals surface area contributed by atoms with Crippen LogP contribution in [0.5, 0.6) is 0 Å². The largest absolute Gasteiger partial charge is 0.390 e. The smallest absolute Gasteiger partial charge is 0.196 e. The molecule has 0 radical (unpaired) electrons. The summed E-state index contributed by atoms with van der Waals surface area (Å²) in [5.74, 6) is 1.28. The van der Waals surface area contributed by atoms with E-state index < -0.39 is 5.60 Å². The second-order valence-electron chi connectivity index (χ2n) is 6.59. The minimum absolute atomic E-state index is 0.525. The highest BCUT2D eigenvalue weighted by atomic mass is 35.5. The molecule has 25 heavy (non-hydrogen) atoms. The van der Waals surface area contributed by atoms with Gasteiger partial charge in [0.05, 0.1) is 5.60 Å². The molecule has 3 aromatic rings. The maximum atomic E-state index is 10.0. The molecule has 2 aromatic carbocycles. The topological polar surface area (TPSA) is 50.9 Å². The highest BCUT2D eigenvalue weighted by Crippen LogP contribution is 2.30. The van der Waals surface area contributed by atoms with Crippen LogP contribution in [0.4, 0.5) is 0 Å². The molecule has 130 valence electrons. The van der Waals surface area contributed by atoms with E-state index in [2.05, 4.69) is 29.3 Å². The van der Waals surface area contributed by atoms with Crippen molar-refractivity contribution in [3.05, 3.63) is 59.1 Å². The summed E-state index contributed by atoms with van der Waals surface area (Å²) in [4.78, 5) is 0. The number of aryl methyl sites for hydroxylation is 1. The Labute approximate surface area is 156 Å². The average molecular weight is 374 g/mol. The van der Waals surface area contributed by atoms with Crippen LogP contribution in [0.25, 0.3) is 17.1 Å². The lowest BCUT2D eigenvalue weighted by Crippen LogP contribution is -2.22. The summed E-state index contributed by atoms with van der Waals surface area (Å²) < 4.78 is 2.02. The van der Waals surface area contributed by atoms with Crippen LogP contribution in [0, 0.1) is 6.92 Å². The zero-order valence-electron chi connectivity index (χ0n) is 14.4. The lowest BCUT2D eigenvalue weighted by Gasteiger charge is -2.16. The first kappa shape index (κ1) is 18.0. The van der Waals surface area contributed by atoms with Gasteiger partial charge in [0.2, 0.25) is 0 Å². The fourth-order valence-corrected chi connectivity index (χ4v) is 3.42. The third-order valence-corrected chi connectivity index (χ3v) is 5.18. The number of rotatable bonds is 5. The summed E-state index contributed by atoms with van der Waals surface area (Å²) in [6.45, 7) is 5.63. The Bertz CT molecular complexity index is 869. The summed E-state index contributed by atoms with van der Waals surface area (Å²) in [6.07, 6.45) is 0. The van der Waals surface area contributed by atoms with Gasteiger partial charge in [-0.3, -0.25) is 4.57 Å². The van der Waals surface area contributed by atoms with Gasteiger partial charge in [0.1, 0.15) is 0 Å². The van der Waals surface area contributed by atoms with Crippen molar-refractivity contribution in [1.29, 1.82) is 0 Å². The lowest BCUT2D eigenvalue weighted by molar-refractivity contribution is 0.107. The molecule has 0 atom stereocenters. The number of halogens is 1. The Hall–Kier alpha value is -1.82. The maximum absolute atomic E-state index is 10.0. The Balaban J connectivity index is 2.09. The first-order valence-corrected chi connectivity index (χ1v) is 9.33. The molecule has 0 fully saturated rings. The van der Waals surface area contributed by atoms with Gasteiger partial charge in [-0.15, -0.1) is 10.2 Å². The number of aromatic nitrogens is 3. The van der Waals surface area contributed by atoms with Crippen LogP contribution in [0.1, 0.15) is 19.4 Å². The predicted octanol–water partition coefficient (Wildman–Crippen LogP) is 4.76. The highest BCUT2D eigenvalue weighted by molar-refractivity contribution is 7.99. The molecule has 6 heteroatoms. The number of nitrogens with zero attached hydrogens (tertiary/aromatic N) is 3. The van der Waals surface area contributed by atoms with E-state index in [4.69, 9.17) is 11.6 Å². The monoisotopic (exact) mass is 373 g/mol. The number of hydrogen-bond acceptors (Lipinski definition) is 4. The van der Waals surface area contributed by atoms with Gasteiger partial charge < -0.3 is 5.11 Å². The molecule has 0 aliphatic rings. The van der Waals surface area contributed by atoms with Crippen LogP contribution in [0.2, 0.25) is 5.02 Å². The standard InChI is InChI=1S/C19H20ClN3OS/c1-13-5-4-6-16(11-13)23-17(14-7-9-15(20)10-8-14)21-22-18(23)25-12-19(2,3)24/h4-11,24H,12H2,1-3H3. The fraction of sp³-hybridized carbons (Fsp3) is 0.263. The van der Waals surface area contributed by atoms with E-state index in [-0.39, 0.29) is 0 Å². The van der Waals surface area contributed by atoms with Crippen molar-refractivity contribution in [3.63, 3.8) is 0 Å². The molecule has 0 unspecified atom stereocenters. The van der Waals surface area contributed by atoms with E-state index in [1.54, 1.807) is 13.8 Å². The van der Waals surface area contributed by atoms with E-state index in [0.29, 0.717) is 10.8 Å². The van der Waals surface area contributed by atoms with Crippen LogP contribution in [-0.2, 0) is 0 Å². The number of hydrogen-bond donors (Lipinski definition) is 1. The zero-order chi connectivity index (χ0) is 18.0. The van der Waals surface area contributed by atoms with Crippen molar-refractivity contribution in [2.75, 3.05) is 5.75 Å². The third-order valence-electron chi connectivity index (χ3n) is 3.55. The highest BCUT2D eigenvalue weighted by Gasteiger charge is 2.20. The van der Waals surface area contributed by atoms with E-state index in [0.717, 1.165) is 27.8 Å². The van der Waals surface area contributed by atoms with Crippen molar-refractivity contribution in [1.82, 2.24) is 14.8 Å². The van der Waals surface area contributed by atoms with Crippen LogP contribution < -0.4 is 0 Å². The van der Waals surface area contributed by atoms with Gasteiger partial charge in [-0.25, -0.2) is 0 Å². The second-order valence-corrected chi connectivity index (χ2v) is 7.97. The van der Waals surface area contributed by atoms with Crippen molar-refractivity contribution < 1.29 is 5.11 Å². The zero-order valence-corrected chi connectivity index (χ0v) is 16.0. The summed E-state index contributed by atoms with van der Waals surface area (Å²) >= 11 is 7.49. The van der Waals surface area contributed by atoms with Crippen LogP contribution in [-0.4, -0.2) is 31.2 Å². The van der Waals surface area contributed by atoms with Crippen molar-refractivity contribution in [2.24, 2.45) is 0 Å². The fourth-order valence-electron chi connectivity index (χ4n) is 2.39. The molecule has 1 heterocycles. The normalized spacial score (nSPS) is 11.7. The van der Waals surface area contributed by atoms with E-state index in [1.165, 1.54) is 11.8 Å². The first-order valence-electron chi connectivity index (χ1n) is 7.97. The van der Waals surface area contributed by atoms with Gasteiger partial charge in [0.15, 0.2) is 11.0 Å². The van der Waals surface area contributed by atoms with Crippen molar-refractivity contribution in [2.45, 2.75) is 31.5 Å². The SMILES string of the molecule is Cc1cccc(-n2c(SCC(C)(C)O)nnc2-c2ccc(Cl)cc2)c1. The van der Waals surface area contributed by atoms with Gasteiger partial charge in [0.25, 0.3) is 0 Å². The summed E-state index contributed by atoms with van der Waals surface area (Å²) in [5, 5.41) is 20.2. The Kier molecular flexibility index (Phi) is 5.18. The summed E-state index contributed by atoms with van der Waals surface area (Å²) in [5.41, 5.74) is 2.31. The van der Waals surface area contributed by atoms with E-state index >= 15 is 0 Å². The molecule has 0 amide bonds. The third kappa shape index (κ3) is 4.42. The number of thioether (sulfide) groups is 1. The minimum atomic E-state index is -0.783. The number of aliphatic hydroxyl groups is 1. The number of benzene rings is 2. The van der Waals surface area contributed by atoms with Gasteiger partial charge in [-0.1, -0.05) is 35.5 Å². The van der Waals surface area contributed by atoms with Gasteiger partial charge in [-0.05, 0) is 62.7 Å². The maximum Gasteiger partial charge on any atom is 0.196 e. The summed E-state index contributed by atoms with van der Waals surface area (Å²) in [6, 6.07) is 15.7. The van der Waals surface area contributed by atoms with Gasteiger partial charge in [0, 0.05) is 22.0 Å². The van der Waals surface area contributed by atoms with E-state index in [9.17, 15) is 5.11 Å². The van der Waals surface area contributed by atoms with Gasteiger partial charge >= 0.3 is 0 Å². The van der Waals surface area contributed by atoms with E-state index in [1.807, 2.05) is 41.0 Å².